The minimum Gasteiger partial charge on any atom is -0.464 e. The van der Waals surface area contributed by atoms with Crippen molar-refractivity contribution in [3.63, 3.8) is 0 Å². The number of hydrogen-bond donors (Lipinski definition) is 0. The Morgan fingerprint density at radius 1 is 1.25 bits per heavy atom. The van der Waals surface area contributed by atoms with Gasteiger partial charge in [0.2, 0.25) is 5.28 Å². The Morgan fingerprint density at radius 3 is 2.58 bits per heavy atom. The van der Waals surface area contributed by atoms with Crippen LogP contribution in [0.1, 0.15) is 0 Å². The van der Waals surface area contributed by atoms with E-state index >= 15 is 0 Å². The van der Waals surface area contributed by atoms with Gasteiger partial charge in [0.15, 0.2) is 0 Å². The summed E-state index contributed by atoms with van der Waals surface area (Å²) in [6.45, 7) is 0. The Labute approximate surface area is 74.0 Å². The van der Waals surface area contributed by atoms with E-state index in [4.69, 9.17) is 16.0 Å². The first-order valence-corrected chi connectivity index (χ1v) is 3.75. The normalized spacial score (nSPS) is 10.1. The Hall–Kier alpha value is -1.35. The van der Waals surface area contributed by atoms with Gasteiger partial charge < -0.3 is 4.42 Å². The second-order valence-electron chi connectivity index (χ2n) is 2.22. The lowest BCUT2D eigenvalue weighted by Crippen LogP contribution is -1.81. The van der Waals surface area contributed by atoms with Gasteiger partial charge in [-0.2, -0.15) is 0 Å². The molecule has 0 aliphatic rings. The van der Waals surface area contributed by atoms with Crippen LogP contribution in [0, 0.1) is 0 Å². The first-order valence-electron chi connectivity index (χ1n) is 3.38. The first-order chi connectivity index (χ1) is 5.86. The zero-order valence-corrected chi connectivity index (χ0v) is 6.82. The topological polar surface area (TPSA) is 38.9 Å². The molecule has 0 aromatic carbocycles. The number of aromatic nitrogens is 2. The predicted molar refractivity (Wildman–Crippen MR) is 44.7 cm³/mol. The van der Waals surface area contributed by atoms with Crippen molar-refractivity contribution in [3.8, 4) is 11.3 Å². The summed E-state index contributed by atoms with van der Waals surface area (Å²) in [6.07, 6.45) is 4.84. The summed E-state index contributed by atoms with van der Waals surface area (Å²) < 4.78 is 5.14. The Bertz CT molecular complexity index is 355. The van der Waals surface area contributed by atoms with Crippen molar-refractivity contribution in [2.24, 2.45) is 0 Å². The molecule has 0 N–H and O–H groups in total. The van der Waals surface area contributed by atoms with Crippen LogP contribution in [0.4, 0.5) is 0 Å². The smallest absolute Gasteiger partial charge is 0.222 e. The Balaban J connectivity index is 2.43. The summed E-state index contributed by atoms with van der Waals surface area (Å²) >= 11 is 5.52. The molecule has 0 saturated heterocycles. The highest BCUT2D eigenvalue weighted by Crippen LogP contribution is 2.17. The van der Waals surface area contributed by atoms with Gasteiger partial charge in [0.05, 0.1) is 11.8 Å². The van der Waals surface area contributed by atoms with Crippen LogP contribution in [0.2, 0.25) is 5.28 Å². The van der Waals surface area contributed by atoms with Gasteiger partial charge in [-0.05, 0) is 23.7 Å². The van der Waals surface area contributed by atoms with Gasteiger partial charge in [-0.25, -0.2) is 9.97 Å². The van der Waals surface area contributed by atoms with Gasteiger partial charge in [-0.3, -0.25) is 0 Å². The molecule has 2 heterocycles. The van der Waals surface area contributed by atoms with Crippen molar-refractivity contribution in [1.82, 2.24) is 9.97 Å². The highest BCUT2D eigenvalue weighted by molar-refractivity contribution is 6.28. The van der Waals surface area contributed by atoms with Crippen molar-refractivity contribution in [2.45, 2.75) is 0 Å². The fourth-order valence-electron chi connectivity index (χ4n) is 0.882. The lowest BCUT2D eigenvalue weighted by Gasteiger charge is -1.93. The minimum absolute atomic E-state index is 0.241. The van der Waals surface area contributed by atoms with Crippen LogP contribution in [-0.4, -0.2) is 9.97 Å². The molecule has 0 saturated carbocycles. The van der Waals surface area contributed by atoms with Crippen LogP contribution < -0.4 is 0 Å². The van der Waals surface area contributed by atoms with Crippen LogP contribution in [0.15, 0.2) is 35.2 Å². The van der Waals surface area contributed by atoms with E-state index < -0.39 is 0 Å². The Morgan fingerprint density at radius 2 is 2.00 bits per heavy atom. The molecule has 0 radical (unpaired) electrons. The maximum absolute atomic E-state index is 5.52. The molecule has 3 nitrogen and oxygen atoms in total. The molecule has 2 aromatic heterocycles. The minimum atomic E-state index is 0.241. The van der Waals surface area contributed by atoms with E-state index in [0.29, 0.717) is 0 Å². The molecular weight excluding hydrogens is 176 g/mol. The lowest BCUT2D eigenvalue weighted by molar-refractivity contribution is 0.581. The molecule has 0 amide bonds. The molecule has 0 atom stereocenters. The summed E-state index contributed by atoms with van der Waals surface area (Å²) in [5.74, 6) is 0.742. The summed E-state index contributed by atoms with van der Waals surface area (Å²) in [5.41, 5.74) is 0.824. The van der Waals surface area contributed by atoms with Crippen LogP contribution in [0.3, 0.4) is 0 Å². The third-order valence-corrected chi connectivity index (χ3v) is 1.62. The van der Waals surface area contributed by atoms with Gasteiger partial charge >= 0.3 is 0 Å². The highest BCUT2D eigenvalue weighted by atomic mass is 35.5. The van der Waals surface area contributed by atoms with Crippen molar-refractivity contribution in [2.75, 3.05) is 0 Å². The van der Waals surface area contributed by atoms with E-state index in [0.717, 1.165) is 11.3 Å². The highest BCUT2D eigenvalue weighted by Gasteiger charge is 2.00. The summed E-state index contributed by atoms with van der Waals surface area (Å²) in [5, 5.41) is 0.241. The SMILES string of the molecule is Clc1ncc(-c2ccco2)cn1. The van der Waals surface area contributed by atoms with Crippen LogP contribution in [0.25, 0.3) is 11.3 Å². The summed E-state index contributed by atoms with van der Waals surface area (Å²) in [6, 6.07) is 3.65. The maximum atomic E-state index is 5.52. The second kappa shape index (κ2) is 2.95. The zero-order chi connectivity index (χ0) is 8.39. The third-order valence-electron chi connectivity index (χ3n) is 1.43. The molecule has 0 unspecified atom stereocenters. The number of halogens is 1. The molecule has 0 spiro atoms. The van der Waals surface area contributed by atoms with Gasteiger partial charge in [-0.15, -0.1) is 0 Å². The average Bonchev–Trinajstić information content (AvgIpc) is 2.58. The van der Waals surface area contributed by atoms with E-state index in [1.54, 1.807) is 18.7 Å². The molecule has 0 bridgehead atoms. The molecular formula is C8H5ClN2O. The lowest BCUT2D eigenvalue weighted by atomic mass is 10.3. The number of nitrogens with zero attached hydrogens (tertiary/aromatic N) is 2. The van der Waals surface area contributed by atoms with Gasteiger partial charge in [0, 0.05) is 12.4 Å². The molecule has 2 aromatic rings. The van der Waals surface area contributed by atoms with E-state index in [2.05, 4.69) is 9.97 Å². The van der Waals surface area contributed by atoms with Crippen LogP contribution in [0.5, 0.6) is 0 Å². The van der Waals surface area contributed by atoms with Gasteiger partial charge in [0.25, 0.3) is 0 Å². The molecule has 0 aliphatic heterocycles. The fourth-order valence-corrected chi connectivity index (χ4v) is 0.980. The predicted octanol–water partition coefficient (Wildman–Crippen LogP) is 2.39. The number of furan rings is 1. The van der Waals surface area contributed by atoms with Gasteiger partial charge in [-0.1, -0.05) is 0 Å². The molecule has 4 heteroatoms. The van der Waals surface area contributed by atoms with Crippen molar-refractivity contribution in [3.05, 3.63) is 36.1 Å². The number of rotatable bonds is 1. The van der Waals surface area contributed by atoms with Crippen molar-refractivity contribution < 1.29 is 4.42 Å². The second-order valence-corrected chi connectivity index (χ2v) is 2.56. The average molecular weight is 181 g/mol. The maximum Gasteiger partial charge on any atom is 0.222 e. The van der Waals surface area contributed by atoms with Crippen molar-refractivity contribution in [1.29, 1.82) is 0 Å². The van der Waals surface area contributed by atoms with E-state index in [1.807, 2.05) is 12.1 Å². The van der Waals surface area contributed by atoms with E-state index in [9.17, 15) is 0 Å². The molecule has 0 aliphatic carbocycles. The first kappa shape index (κ1) is 7.31. The largest absolute Gasteiger partial charge is 0.464 e. The summed E-state index contributed by atoms with van der Waals surface area (Å²) in [7, 11) is 0. The third kappa shape index (κ3) is 1.31. The van der Waals surface area contributed by atoms with E-state index in [1.165, 1.54) is 0 Å². The van der Waals surface area contributed by atoms with E-state index in [-0.39, 0.29) is 5.28 Å². The molecule has 2 rings (SSSR count). The number of hydrogen-bond acceptors (Lipinski definition) is 3. The summed E-state index contributed by atoms with van der Waals surface area (Å²) in [4.78, 5) is 7.66. The monoisotopic (exact) mass is 180 g/mol. The van der Waals surface area contributed by atoms with Gasteiger partial charge in [0.1, 0.15) is 5.76 Å². The standard InChI is InChI=1S/C8H5ClN2O/c9-8-10-4-6(5-11-8)7-2-1-3-12-7/h1-5H. The quantitative estimate of drug-likeness (QED) is 0.633. The van der Waals surface area contributed by atoms with Crippen LogP contribution in [-0.2, 0) is 0 Å². The molecule has 12 heavy (non-hydrogen) atoms. The van der Waals surface area contributed by atoms with Crippen molar-refractivity contribution >= 4 is 11.6 Å². The molecule has 60 valence electrons. The zero-order valence-electron chi connectivity index (χ0n) is 6.07. The fraction of sp³-hybridized carbons (Fsp3) is 0. The Kier molecular flexibility index (Phi) is 1.80. The molecule has 0 fully saturated rings. The van der Waals surface area contributed by atoms with Crippen LogP contribution >= 0.6 is 11.6 Å².